The summed E-state index contributed by atoms with van der Waals surface area (Å²) in [5, 5.41) is 3.96. The van der Waals surface area contributed by atoms with Crippen LogP contribution in [0.1, 0.15) is 57.8 Å². The molecule has 2 fully saturated rings. The summed E-state index contributed by atoms with van der Waals surface area (Å²) < 4.78 is 0. The number of nitrogens with one attached hydrogen (secondary N) is 1. The van der Waals surface area contributed by atoms with Crippen molar-refractivity contribution in [1.29, 1.82) is 0 Å². The van der Waals surface area contributed by atoms with E-state index in [2.05, 4.69) is 29.6 Å². The molecule has 2 aliphatic carbocycles. The first kappa shape index (κ1) is 14.9. The Balaban J connectivity index is 0.00000132. The molecule has 1 aromatic carbocycles. The van der Waals surface area contributed by atoms with E-state index in [1.165, 1.54) is 69.2 Å². The maximum absolute atomic E-state index is 5.06. The molecule has 0 amide bonds. The third-order valence-electron chi connectivity index (χ3n) is 5.54. The van der Waals surface area contributed by atoms with Gasteiger partial charge in [0.1, 0.15) is 0 Å². The van der Waals surface area contributed by atoms with E-state index in [0.717, 1.165) is 5.69 Å². The summed E-state index contributed by atoms with van der Waals surface area (Å²) in [5.41, 5.74) is 4.20. The number of halogens is 1. The quantitative estimate of drug-likeness (QED) is 0.780. The molecule has 0 bridgehead atoms. The summed E-state index contributed by atoms with van der Waals surface area (Å²) in [7, 11) is 0. The van der Waals surface area contributed by atoms with Gasteiger partial charge < -0.3 is 17.7 Å². The smallest absolute Gasteiger partial charge is 0.0860 e. The lowest BCUT2D eigenvalue weighted by Gasteiger charge is -2.46. The summed E-state index contributed by atoms with van der Waals surface area (Å²) in [6.07, 6.45) is 12.1. The molecule has 4 rings (SSSR count). The fraction of sp³-hybridized carbons (Fsp3) is 0.611. The van der Waals surface area contributed by atoms with E-state index in [1.54, 1.807) is 0 Å². The number of nitrogens with zero attached hydrogens (tertiary/aromatic N) is 1. The van der Waals surface area contributed by atoms with Gasteiger partial charge in [-0.3, -0.25) is 4.99 Å². The van der Waals surface area contributed by atoms with Crippen molar-refractivity contribution in [2.75, 3.05) is 5.32 Å². The van der Waals surface area contributed by atoms with Crippen molar-refractivity contribution in [2.24, 2.45) is 10.9 Å². The number of rotatable bonds is 0. The van der Waals surface area contributed by atoms with Gasteiger partial charge in [-0.05, 0) is 44.2 Å². The third kappa shape index (κ3) is 2.59. The van der Waals surface area contributed by atoms with Gasteiger partial charge in [0.05, 0.1) is 11.4 Å². The summed E-state index contributed by atoms with van der Waals surface area (Å²) >= 11 is 0. The van der Waals surface area contributed by atoms with Gasteiger partial charge in [-0.25, -0.2) is 0 Å². The molecule has 1 aromatic rings. The highest BCUT2D eigenvalue weighted by molar-refractivity contribution is 5.94. The van der Waals surface area contributed by atoms with Crippen LogP contribution in [0.25, 0.3) is 0 Å². The van der Waals surface area contributed by atoms with E-state index in [4.69, 9.17) is 4.99 Å². The van der Waals surface area contributed by atoms with Crippen LogP contribution in [0.5, 0.6) is 0 Å². The number of anilines is 1. The number of aliphatic imine (C=N–C) groups is 1. The Kier molecular flexibility index (Phi) is 4.26. The first-order valence-electron chi connectivity index (χ1n) is 8.32. The minimum atomic E-state index is 0. The molecule has 0 saturated heterocycles. The van der Waals surface area contributed by atoms with Crippen LogP contribution >= 0.6 is 0 Å². The van der Waals surface area contributed by atoms with E-state index in [0.29, 0.717) is 11.5 Å². The van der Waals surface area contributed by atoms with E-state index in [1.807, 2.05) is 0 Å². The molecule has 2 nitrogen and oxygen atoms in total. The highest BCUT2D eigenvalue weighted by Crippen LogP contribution is 2.46. The molecule has 0 radical (unpaired) electrons. The monoisotopic (exact) mass is 303 g/mol. The van der Waals surface area contributed by atoms with Crippen LogP contribution in [-0.4, -0.2) is 11.3 Å². The van der Waals surface area contributed by atoms with Crippen LogP contribution in [0.4, 0.5) is 11.4 Å². The van der Waals surface area contributed by atoms with Crippen LogP contribution < -0.4 is 17.7 Å². The van der Waals surface area contributed by atoms with E-state index < -0.39 is 0 Å². The zero-order valence-corrected chi connectivity index (χ0v) is 13.3. The van der Waals surface area contributed by atoms with Crippen molar-refractivity contribution >= 4 is 17.1 Å². The molecule has 1 spiro atoms. The predicted molar refractivity (Wildman–Crippen MR) is 84.9 cm³/mol. The van der Waals surface area contributed by atoms with Crippen molar-refractivity contribution in [3.05, 3.63) is 24.3 Å². The van der Waals surface area contributed by atoms with Crippen molar-refractivity contribution in [1.82, 2.24) is 0 Å². The lowest BCUT2D eigenvalue weighted by molar-refractivity contribution is -0.00000436. The zero-order chi connectivity index (χ0) is 13.4. The summed E-state index contributed by atoms with van der Waals surface area (Å²) in [5.74, 6) is 0.670. The molecule has 3 aliphatic rings. The molecular formula is C18H24ClN2-. The Morgan fingerprint density at radius 3 is 2.67 bits per heavy atom. The van der Waals surface area contributed by atoms with Gasteiger partial charge in [0, 0.05) is 17.2 Å². The average Bonchev–Trinajstić information content (AvgIpc) is 2.63. The maximum Gasteiger partial charge on any atom is 0.0860 e. The fourth-order valence-electron chi connectivity index (χ4n) is 4.57. The Morgan fingerprint density at radius 1 is 1.00 bits per heavy atom. The molecule has 0 aromatic heterocycles. The summed E-state index contributed by atoms with van der Waals surface area (Å²) in [6.45, 7) is 0. The highest BCUT2D eigenvalue weighted by atomic mass is 35.5. The van der Waals surface area contributed by atoms with Gasteiger partial charge in [-0.1, -0.05) is 37.8 Å². The van der Waals surface area contributed by atoms with Gasteiger partial charge in [0.25, 0.3) is 0 Å². The molecule has 114 valence electrons. The Hall–Kier alpha value is -1.02. The van der Waals surface area contributed by atoms with Gasteiger partial charge in [-0.2, -0.15) is 0 Å². The van der Waals surface area contributed by atoms with Crippen LogP contribution in [0, 0.1) is 5.92 Å². The van der Waals surface area contributed by atoms with Crippen molar-refractivity contribution in [2.45, 2.75) is 63.3 Å². The van der Waals surface area contributed by atoms with E-state index >= 15 is 0 Å². The average molecular weight is 304 g/mol. The zero-order valence-electron chi connectivity index (χ0n) is 12.6. The molecule has 1 aliphatic heterocycles. The van der Waals surface area contributed by atoms with Gasteiger partial charge in [0.2, 0.25) is 0 Å². The van der Waals surface area contributed by atoms with Crippen molar-refractivity contribution < 1.29 is 12.4 Å². The Morgan fingerprint density at radius 2 is 1.81 bits per heavy atom. The van der Waals surface area contributed by atoms with Gasteiger partial charge in [0.15, 0.2) is 0 Å². The molecule has 3 heteroatoms. The number of para-hydroxylation sites is 2. The molecular weight excluding hydrogens is 280 g/mol. The molecule has 1 atom stereocenters. The first-order chi connectivity index (χ1) is 9.87. The predicted octanol–water partition coefficient (Wildman–Crippen LogP) is 2.08. The number of benzene rings is 1. The van der Waals surface area contributed by atoms with Crippen LogP contribution in [-0.2, 0) is 0 Å². The lowest BCUT2D eigenvalue weighted by Crippen LogP contribution is -3.00. The van der Waals surface area contributed by atoms with Crippen molar-refractivity contribution in [3.8, 4) is 0 Å². The SMILES string of the molecule is [Cl-].c1ccc2c(c1)N=C1CCCCC1C1(CCCCC1)N2. The minimum absolute atomic E-state index is 0. The molecule has 1 heterocycles. The van der Waals surface area contributed by atoms with E-state index in [-0.39, 0.29) is 12.4 Å². The Labute approximate surface area is 133 Å². The molecule has 1 N–H and O–H groups in total. The standard InChI is InChI=1S/C18H24N2.ClH/c1-6-12-18(13-7-1)14-8-2-3-9-15(14)19-16-10-4-5-11-17(16)20-18;/h4-5,10-11,14,20H,1-3,6-9,12-13H2;1H/p-1. The summed E-state index contributed by atoms with van der Waals surface area (Å²) in [6, 6.07) is 8.63. The fourth-order valence-corrected chi connectivity index (χ4v) is 4.57. The Bertz CT molecular complexity index is 532. The highest BCUT2D eigenvalue weighted by Gasteiger charge is 2.44. The summed E-state index contributed by atoms with van der Waals surface area (Å²) in [4.78, 5) is 5.06. The van der Waals surface area contributed by atoms with Gasteiger partial charge >= 0.3 is 0 Å². The normalized spacial score (nSPS) is 26.5. The van der Waals surface area contributed by atoms with Gasteiger partial charge in [-0.15, -0.1) is 0 Å². The molecule has 21 heavy (non-hydrogen) atoms. The molecule has 1 unspecified atom stereocenters. The molecule has 2 saturated carbocycles. The van der Waals surface area contributed by atoms with E-state index in [9.17, 15) is 0 Å². The second-order valence-corrected chi connectivity index (χ2v) is 6.76. The first-order valence-corrected chi connectivity index (χ1v) is 8.32. The topological polar surface area (TPSA) is 24.4 Å². The van der Waals surface area contributed by atoms with Crippen LogP contribution in [0.15, 0.2) is 29.3 Å². The largest absolute Gasteiger partial charge is 1.00 e. The maximum atomic E-state index is 5.06. The number of fused-ring (bicyclic) bond motifs is 3. The second-order valence-electron chi connectivity index (χ2n) is 6.76. The van der Waals surface area contributed by atoms with Crippen LogP contribution in [0.3, 0.4) is 0 Å². The minimum Gasteiger partial charge on any atom is -1.00 e. The number of hydrogen-bond donors (Lipinski definition) is 1. The third-order valence-corrected chi connectivity index (χ3v) is 5.54. The van der Waals surface area contributed by atoms with Crippen LogP contribution in [0.2, 0.25) is 0 Å². The number of hydrogen-bond acceptors (Lipinski definition) is 2. The van der Waals surface area contributed by atoms with Crippen molar-refractivity contribution in [3.63, 3.8) is 0 Å². The lowest BCUT2D eigenvalue weighted by atomic mass is 9.66. The second kappa shape index (κ2) is 6.00.